The molecule has 7 heteroatoms. The van der Waals surface area contributed by atoms with Crippen molar-refractivity contribution >= 4 is 11.8 Å². The predicted octanol–water partition coefficient (Wildman–Crippen LogP) is 3.23. The Hall–Kier alpha value is -2.70. The minimum Gasteiger partial charge on any atom is -0.338 e. The van der Waals surface area contributed by atoms with E-state index in [2.05, 4.69) is 10.1 Å². The lowest BCUT2D eigenvalue weighted by Crippen LogP contribution is -2.57. The fraction of sp³-hybridized carbons (Fsp3) is 0.565. The average Bonchev–Trinajstić information content (AvgIpc) is 3.22. The summed E-state index contributed by atoms with van der Waals surface area (Å²) in [6, 6.07) is 7.83. The van der Waals surface area contributed by atoms with Gasteiger partial charge in [0.25, 0.3) is 5.89 Å². The topological polar surface area (TPSA) is 79.5 Å². The van der Waals surface area contributed by atoms with E-state index in [1.807, 2.05) is 47.9 Å². The molecule has 2 fully saturated rings. The van der Waals surface area contributed by atoms with E-state index in [4.69, 9.17) is 4.52 Å². The van der Waals surface area contributed by atoms with Gasteiger partial charge in [-0.05, 0) is 38.3 Å². The van der Waals surface area contributed by atoms with Crippen LogP contribution in [0.1, 0.15) is 50.4 Å². The second kappa shape index (κ2) is 8.98. The van der Waals surface area contributed by atoms with E-state index in [9.17, 15) is 9.59 Å². The van der Waals surface area contributed by atoms with Gasteiger partial charge in [0, 0.05) is 37.2 Å². The maximum atomic E-state index is 12.9. The molecule has 2 aliphatic rings. The molecule has 30 heavy (non-hydrogen) atoms. The van der Waals surface area contributed by atoms with E-state index in [1.54, 1.807) is 0 Å². The monoisotopic (exact) mass is 410 g/mol. The molecule has 1 aromatic heterocycles. The molecule has 1 aliphatic carbocycles. The van der Waals surface area contributed by atoms with Crippen molar-refractivity contribution in [3.05, 3.63) is 35.7 Å². The summed E-state index contributed by atoms with van der Waals surface area (Å²) in [4.78, 5) is 33.9. The Morgan fingerprint density at radius 1 is 1.13 bits per heavy atom. The molecule has 4 rings (SSSR count). The number of aryl methyl sites for hydroxylation is 1. The van der Waals surface area contributed by atoms with Crippen LogP contribution >= 0.6 is 0 Å². The van der Waals surface area contributed by atoms with Crippen molar-refractivity contribution < 1.29 is 14.1 Å². The lowest BCUT2D eigenvalue weighted by atomic mass is 9.88. The summed E-state index contributed by atoms with van der Waals surface area (Å²) in [6.45, 7) is 5.73. The number of rotatable bonds is 4. The highest BCUT2D eigenvalue weighted by Crippen LogP contribution is 2.27. The number of amides is 2. The van der Waals surface area contributed by atoms with Gasteiger partial charge in [0.2, 0.25) is 11.8 Å². The van der Waals surface area contributed by atoms with Crippen LogP contribution in [0.5, 0.6) is 0 Å². The number of hydrogen-bond donors (Lipinski definition) is 0. The Labute approximate surface area is 177 Å². The van der Waals surface area contributed by atoms with E-state index in [0.717, 1.165) is 36.8 Å². The number of carbonyl (C=O) groups excluding carboxylic acids is 2. The molecule has 0 radical (unpaired) electrons. The molecular formula is C23H30N4O3. The number of benzene rings is 1. The minimum atomic E-state index is -0.0243. The Morgan fingerprint density at radius 3 is 2.63 bits per heavy atom. The maximum Gasteiger partial charge on any atom is 0.258 e. The predicted molar refractivity (Wildman–Crippen MR) is 113 cm³/mol. The van der Waals surface area contributed by atoms with E-state index in [1.165, 1.54) is 6.42 Å². The van der Waals surface area contributed by atoms with Crippen molar-refractivity contribution in [2.24, 2.45) is 5.92 Å². The van der Waals surface area contributed by atoms with Gasteiger partial charge in [-0.25, -0.2) is 0 Å². The van der Waals surface area contributed by atoms with E-state index >= 15 is 0 Å². The summed E-state index contributed by atoms with van der Waals surface area (Å²) in [5, 5.41) is 3.99. The number of aromatic nitrogens is 2. The Balaban J connectivity index is 1.34. The van der Waals surface area contributed by atoms with Gasteiger partial charge in [0.05, 0.1) is 6.42 Å². The molecule has 7 nitrogen and oxygen atoms in total. The van der Waals surface area contributed by atoms with Crippen LogP contribution in [0.15, 0.2) is 28.8 Å². The third-order valence-corrected chi connectivity index (χ3v) is 6.37. The largest absolute Gasteiger partial charge is 0.338 e. The summed E-state index contributed by atoms with van der Waals surface area (Å²) in [5.74, 6) is 1.25. The molecule has 0 unspecified atom stereocenters. The molecule has 0 bridgehead atoms. The zero-order valence-electron chi connectivity index (χ0n) is 17.8. The van der Waals surface area contributed by atoms with E-state index in [0.29, 0.717) is 31.3 Å². The first-order valence-corrected chi connectivity index (χ1v) is 11.0. The molecule has 0 N–H and O–H groups in total. The van der Waals surface area contributed by atoms with Gasteiger partial charge in [-0.15, -0.1) is 0 Å². The third-order valence-electron chi connectivity index (χ3n) is 6.37. The summed E-state index contributed by atoms with van der Waals surface area (Å²) in [5.41, 5.74) is 1.93. The van der Waals surface area contributed by atoms with Crippen molar-refractivity contribution in [1.29, 1.82) is 0 Å². The van der Waals surface area contributed by atoms with Crippen molar-refractivity contribution in [1.82, 2.24) is 19.9 Å². The van der Waals surface area contributed by atoms with Crippen LogP contribution in [-0.2, 0) is 16.0 Å². The van der Waals surface area contributed by atoms with Crippen LogP contribution in [-0.4, -0.2) is 57.4 Å². The van der Waals surface area contributed by atoms with Gasteiger partial charge < -0.3 is 14.3 Å². The number of piperazine rings is 1. The zero-order valence-corrected chi connectivity index (χ0v) is 17.8. The molecule has 2 amide bonds. The number of hydrogen-bond acceptors (Lipinski definition) is 5. The Morgan fingerprint density at radius 2 is 1.90 bits per heavy atom. The van der Waals surface area contributed by atoms with Crippen molar-refractivity contribution in [2.75, 3.05) is 19.6 Å². The first kappa shape index (κ1) is 20.6. The molecule has 1 aliphatic heterocycles. The lowest BCUT2D eigenvalue weighted by Gasteiger charge is -2.41. The van der Waals surface area contributed by atoms with Crippen LogP contribution in [0.4, 0.5) is 0 Å². The van der Waals surface area contributed by atoms with Gasteiger partial charge in [0.1, 0.15) is 0 Å². The maximum absolute atomic E-state index is 12.9. The average molecular weight is 411 g/mol. The zero-order chi connectivity index (χ0) is 21.1. The molecule has 1 saturated heterocycles. The van der Waals surface area contributed by atoms with Crippen molar-refractivity contribution in [3.63, 3.8) is 0 Å². The first-order valence-electron chi connectivity index (χ1n) is 11.0. The Kier molecular flexibility index (Phi) is 6.16. The van der Waals surface area contributed by atoms with Gasteiger partial charge in [-0.1, -0.05) is 42.6 Å². The van der Waals surface area contributed by atoms with Gasteiger partial charge in [-0.2, -0.15) is 4.98 Å². The van der Waals surface area contributed by atoms with Crippen LogP contribution < -0.4 is 0 Å². The lowest BCUT2D eigenvalue weighted by molar-refractivity contribution is -0.145. The highest BCUT2D eigenvalue weighted by atomic mass is 16.5. The summed E-state index contributed by atoms with van der Waals surface area (Å²) >= 11 is 0. The summed E-state index contributed by atoms with van der Waals surface area (Å²) in [7, 11) is 0. The van der Waals surface area contributed by atoms with Crippen LogP contribution in [0.25, 0.3) is 11.5 Å². The quantitative estimate of drug-likeness (QED) is 0.773. The SMILES string of the molecule is Cc1ccccc1-c1nc(CC(=O)N2CCN(C(=O)C3CCCCC3)[C@@H](C)C2)no1. The van der Waals surface area contributed by atoms with Crippen molar-refractivity contribution in [3.8, 4) is 11.5 Å². The molecule has 1 aromatic carbocycles. The third kappa shape index (κ3) is 4.40. The minimum absolute atomic E-state index is 0.0243. The summed E-state index contributed by atoms with van der Waals surface area (Å²) < 4.78 is 5.37. The van der Waals surface area contributed by atoms with Crippen LogP contribution in [0.3, 0.4) is 0 Å². The first-order chi connectivity index (χ1) is 14.5. The normalized spacial score (nSPS) is 20.4. The van der Waals surface area contributed by atoms with Gasteiger partial charge in [0.15, 0.2) is 5.82 Å². The van der Waals surface area contributed by atoms with E-state index in [-0.39, 0.29) is 30.2 Å². The number of carbonyl (C=O) groups is 2. The highest BCUT2D eigenvalue weighted by molar-refractivity contribution is 5.81. The molecule has 2 heterocycles. The molecule has 160 valence electrons. The molecule has 0 spiro atoms. The van der Waals surface area contributed by atoms with E-state index < -0.39 is 0 Å². The molecular weight excluding hydrogens is 380 g/mol. The van der Waals surface area contributed by atoms with Gasteiger partial charge in [-0.3, -0.25) is 9.59 Å². The smallest absolute Gasteiger partial charge is 0.258 e. The molecule has 1 atom stereocenters. The molecule has 2 aromatic rings. The fourth-order valence-corrected chi connectivity index (χ4v) is 4.59. The van der Waals surface area contributed by atoms with Crippen LogP contribution in [0.2, 0.25) is 0 Å². The fourth-order valence-electron chi connectivity index (χ4n) is 4.59. The van der Waals surface area contributed by atoms with Crippen LogP contribution in [0, 0.1) is 12.8 Å². The second-order valence-electron chi connectivity index (χ2n) is 8.56. The standard InChI is InChI=1S/C23H30N4O3/c1-16-8-6-7-11-19(16)22-24-20(25-30-22)14-21(28)26-12-13-27(17(2)15-26)23(29)18-9-4-3-5-10-18/h6-8,11,17-18H,3-5,9-10,12-15H2,1-2H3/t17-/m0/s1. The summed E-state index contributed by atoms with van der Waals surface area (Å²) in [6.07, 6.45) is 5.66. The Bertz CT molecular complexity index is 903. The van der Waals surface area contributed by atoms with Gasteiger partial charge >= 0.3 is 0 Å². The molecule has 1 saturated carbocycles. The number of nitrogens with zero attached hydrogens (tertiary/aromatic N) is 4. The highest BCUT2D eigenvalue weighted by Gasteiger charge is 2.34. The second-order valence-corrected chi connectivity index (χ2v) is 8.56. The van der Waals surface area contributed by atoms with Crippen molar-refractivity contribution in [2.45, 2.75) is 58.4 Å².